The van der Waals surface area contributed by atoms with Gasteiger partial charge in [-0.25, -0.2) is 4.79 Å². The molecule has 3 nitrogen and oxygen atoms in total. The van der Waals surface area contributed by atoms with Crippen LogP contribution in [0.1, 0.15) is 10.4 Å². The molecule has 0 bridgehead atoms. The number of aromatic carboxylic acids is 1. The van der Waals surface area contributed by atoms with Crippen molar-refractivity contribution < 1.29 is 9.90 Å². The number of carboxylic acids is 1. The van der Waals surface area contributed by atoms with Gasteiger partial charge in [0.05, 0.1) is 5.56 Å². The fourth-order valence-electron chi connectivity index (χ4n) is 0.494. The molecule has 0 radical (unpaired) electrons. The van der Waals surface area contributed by atoms with Crippen molar-refractivity contribution in [3.63, 3.8) is 0 Å². The van der Waals surface area contributed by atoms with Crippen LogP contribution >= 0.6 is 0 Å². The van der Waals surface area contributed by atoms with E-state index in [2.05, 4.69) is 4.98 Å². The van der Waals surface area contributed by atoms with Crippen molar-refractivity contribution in [1.29, 1.82) is 0 Å². The number of rotatable bonds is 1. The normalized spacial score (nSPS) is 8.00. The van der Waals surface area contributed by atoms with Gasteiger partial charge in [-0.15, -0.1) is 0 Å². The van der Waals surface area contributed by atoms with Crippen LogP contribution in [0.15, 0.2) is 24.5 Å². The summed E-state index contributed by atoms with van der Waals surface area (Å²) in [6.45, 7) is 0. The maximum absolute atomic E-state index is 10.2. The van der Waals surface area contributed by atoms with Crippen LogP contribution in [0.25, 0.3) is 0 Å². The standard InChI is InChI=1S/C6H5NO2.Bi.3H/c8-6(9)5-1-3-7-4-2-5;;;;/h1-4H,(H,8,9);;;;. The van der Waals surface area contributed by atoms with E-state index in [1.807, 2.05) is 0 Å². The number of aromatic nitrogens is 1. The zero-order valence-electron chi connectivity index (χ0n) is 5.32. The maximum atomic E-state index is 10.2. The third kappa shape index (κ3) is 2.40. The molecule has 0 spiro atoms. The topological polar surface area (TPSA) is 50.2 Å². The second-order valence-electron chi connectivity index (χ2n) is 1.54. The quantitative estimate of drug-likeness (QED) is 0.711. The third-order valence-electron chi connectivity index (χ3n) is 0.927. The van der Waals surface area contributed by atoms with E-state index in [0.29, 0.717) is 0 Å². The van der Waals surface area contributed by atoms with Gasteiger partial charge in [-0.05, 0) is 12.1 Å². The minimum atomic E-state index is -0.919. The van der Waals surface area contributed by atoms with Gasteiger partial charge in [0.15, 0.2) is 0 Å². The Bertz CT molecular complexity index is 212. The van der Waals surface area contributed by atoms with E-state index in [1.54, 1.807) is 0 Å². The molecule has 10 heavy (non-hydrogen) atoms. The molecule has 1 aromatic heterocycles. The molecule has 0 amide bonds. The van der Waals surface area contributed by atoms with E-state index in [0.717, 1.165) is 0 Å². The second kappa shape index (κ2) is 4.34. The summed E-state index contributed by atoms with van der Waals surface area (Å²) in [5, 5.41) is 8.36. The molecular weight excluding hydrogens is 327 g/mol. The van der Waals surface area contributed by atoms with E-state index in [9.17, 15) is 4.79 Å². The molecular formula is C6H8BiNO2. The van der Waals surface area contributed by atoms with Crippen molar-refractivity contribution >= 4 is 32.2 Å². The van der Waals surface area contributed by atoms with Gasteiger partial charge in [0.1, 0.15) is 0 Å². The van der Waals surface area contributed by atoms with Crippen LogP contribution in [0.4, 0.5) is 0 Å². The van der Waals surface area contributed by atoms with Crippen molar-refractivity contribution in [2.45, 2.75) is 0 Å². The monoisotopic (exact) mass is 335 g/mol. The van der Waals surface area contributed by atoms with Crippen LogP contribution in [-0.4, -0.2) is 42.3 Å². The first kappa shape index (κ1) is 9.50. The van der Waals surface area contributed by atoms with Crippen molar-refractivity contribution in [2.75, 3.05) is 0 Å². The van der Waals surface area contributed by atoms with Crippen LogP contribution in [0.2, 0.25) is 0 Å². The Morgan fingerprint density at radius 2 is 1.90 bits per heavy atom. The van der Waals surface area contributed by atoms with E-state index in [4.69, 9.17) is 5.11 Å². The number of hydrogen-bond donors (Lipinski definition) is 1. The third-order valence-corrected chi connectivity index (χ3v) is 0.927. The van der Waals surface area contributed by atoms with Crippen LogP contribution in [0.3, 0.4) is 0 Å². The Balaban J connectivity index is 0.000000810. The molecule has 1 rings (SSSR count). The predicted molar refractivity (Wildman–Crippen MR) is 41.1 cm³/mol. The molecule has 0 saturated heterocycles. The Hall–Kier alpha value is -0.497. The molecule has 0 aliphatic rings. The first-order valence-electron chi connectivity index (χ1n) is 2.44. The number of pyridine rings is 1. The molecule has 0 unspecified atom stereocenters. The molecule has 1 N–H and O–H groups in total. The Morgan fingerprint density at radius 1 is 1.40 bits per heavy atom. The minimum absolute atomic E-state index is 0. The molecule has 4 heteroatoms. The van der Waals surface area contributed by atoms with Gasteiger partial charge >= 0.3 is 32.2 Å². The van der Waals surface area contributed by atoms with Crippen LogP contribution in [-0.2, 0) is 0 Å². The molecule has 0 fully saturated rings. The average Bonchev–Trinajstić information content (AvgIpc) is 1.90. The number of hydrogen-bond acceptors (Lipinski definition) is 2. The van der Waals surface area contributed by atoms with E-state index in [-0.39, 0.29) is 31.8 Å². The summed E-state index contributed by atoms with van der Waals surface area (Å²) >= 11 is 0. The molecule has 1 heterocycles. The van der Waals surface area contributed by atoms with Gasteiger partial charge in [-0.2, -0.15) is 0 Å². The summed E-state index contributed by atoms with van der Waals surface area (Å²) in [5.74, 6) is -0.919. The summed E-state index contributed by atoms with van der Waals surface area (Å²) in [5.41, 5.74) is 0.269. The van der Waals surface area contributed by atoms with Gasteiger partial charge in [0.25, 0.3) is 0 Å². The first-order chi connectivity index (χ1) is 4.30. The van der Waals surface area contributed by atoms with Gasteiger partial charge in [0, 0.05) is 12.4 Å². The molecule has 0 aromatic carbocycles. The molecule has 0 saturated carbocycles. The van der Waals surface area contributed by atoms with E-state index >= 15 is 0 Å². The zero-order valence-corrected chi connectivity index (χ0v) is 10.8. The van der Waals surface area contributed by atoms with Gasteiger partial charge in [-0.1, -0.05) is 0 Å². The number of carbonyl (C=O) groups is 1. The molecule has 0 aliphatic carbocycles. The van der Waals surface area contributed by atoms with Gasteiger partial charge < -0.3 is 5.11 Å². The van der Waals surface area contributed by atoms with E-state index < -0.39 is 5.97 Å². The van der Waals surface area contributed by atoms with Crippen LogP contribution in [0, 0.1) is 0 Å². The Labute approximate surface area is 77.2 Å². The summed E-state index contributed by atoms with van der Waals surface area (Å²) in [6, 6.07) is 2.89. The summed E-state index contributed by atoms with van der Waals surface area (Å²) < 4.78 is 0. The molecule has 0 aliphatic heterocycles. The fourth-order valence-corrected chi connectivity index (χ4v) is 0.494. The predicted octanol–water partition coefficient (Wildman–Crippen LogP) is -0.404. The van der Waals surface area contributed by atoms with Gasteiger partial charge in [-0.3, -0.25) is 4.98 Å². The fraction of sp³-hybridized carbons (Fsp3) is 0. The average molecular weight is 335 g/mol. The SMILES string of the molecule is O=C(O)c1ccncc1.[BiH3]. The van der Waals surface area contributed by atoms with E-state index in [1.165, 1.54) is 24.5 Å². The van der Waals surface area contributed by atoms with Crippen molar-refractivity contribution in [3.05, 3.63) is 30.1 Å². The Kier molecular flexibility index (Phi) is 4.12. The second-order valence-corrected chi connectivity index (χ2v) is 1.54. The van der Waals surface area contributed by atoms with Crippen LogP contribution in [0.5, 0.6) is 0 Å². The zero-order chi connectivity index (χ0) is 6.69. The number of carboxylic acid groups (broad SMARTS) is 1. The number of nitrogens with zero attached hydrogens (tertiary/aromatic N) is 1. The Morgan fingerprint density at radius 3 is 2.20 bits per heavy atom. The van der Waals surface area contributed by atoms with Crippen molar-refractivity contribution in [3.8, 4) is 0 Å². The molecule has 1 aromatic rings. The molecule has 0 atom stereocenters. The van der Waals surface area contributed by atoms with Crippen LogP contribution < -0.4 is 0 Å². The summed E-state index contributed by atoms with van der Waals surface area (Å²) in [7, 11) is 0. The van der Waals surface area contributed by atoms with Gasteiger partial charge in [0.2, 0.25) is 0 Å². The van der Waals surface area contributed by atoms with Crippen molar-refractivity contribution in [2.24, 2.45) is 0 Å². The summed E-state index contributed by atoms with van der Waals surface area (Å²) in [4.78, 5) is 13.8. The summed E-state index contributed by atoms with van der Waals surface area (Å²) in [6.07, 6.45) is 2.90. The van der Waals surface area contributed by atoms with Crippen molar-refractivity contribution in [1.82, 2.24) is 4.98 Å². The molecule has 54 valence electrons. The first-order valence-corrected chi connectivity index (χ1v) is 2.44.